The van der Waals surface area contributed by atoms with Crippen molar-refractivity contribution in [1.82, 2.24) is 9.99 Å². The molecule has 0 unspecified atom stereocenters. The Morgan fingerprint density at radius 2 is 1.68 bits per heavy atom. The maximum Gasteiger partial charge on any atom is 0.417 e. The van der Waals surface area contributed by atoms with Gasteiger partial charge in [0.2, 0.25) is 11.8 Å². The van der Waals surface area contributed by atoms with Crippen LogP contribution in [-0.4, -0.2) is 45.8 Å². The number of methoxy groups -OCH3 is 1. The van der Waals surface area contributed by atoms with Crippen LogP contribution in [0.25, 0.3) is 0 Å². The Labute approximate surface area is 349 Å². The number of carbonyl (C=O) groups is 4. The number of hydrazine groups is 1. The lowest BCUT2D eigenvalue weighted by Gasteiger charge is -2.50. The van der Waals surface area contributed by atoms with Crippen LogP contribution >= 0.6 is 61.7 Å². The summed E-state index contributed by atoms with van der Waals surface area (Å²) < 4.78 is 47.4. The van der Waals surface area contributed by atoms with E-state index in [1.807, 2.05) is 6.08 Å². The Balaban J connectivity index is 1.34. The Bertz CT molecular complexity index is 2380. The molecule has 288 valence electrons. The van der Waals surface area contributed by atoms with Crippen LogP contribution < -0.4 is 15.1 Å². The van der Waals surface area contributed by atoms with E-state index < -0.39 is 81.2 Å². The summed E-state index contributed by atoms with van der Waals surface area (Å²) in [6.07, 6.45) is -2.38. The molecule has 56 heavy (non-hydrogen) atoms. The molecule has 0 bridgehead atoms. The number of phenols is 1. The van der Waals surface area contributed by atoms with Gasteiger partial charge in [0.1, 0.15) is 0 Å². The number of aromatic hydroxyl groups is 1. The second-order valence-electron chi connectivity index (χ2n) is 14.0. The molecule has 3 fully saturated rings. The number of nitrogens with zero attached hydrogens (tertiary/aromatic N) is 3. The fourth-order valence-corrected chi connectivity index (χ4v) is 10.1. The van der Waals surface area contributed by atoms with Crippen molar-refractivity contribution in [1.29, 1.82) is 0 Å². The number of hydrogen-bond donors (Lipinski definition) is 2. The lowest BCUT2D eigenvalue weighted by atomic mass is 9.49. The number of imide groups is 2. The smallest absolute Gasteiger partial charge is 0.417 e. The van der Waals surface area contributed by atoms with E-state index in [4.69, 9.17) is 27.9 Å². The zero-order chi connectivity index (χ0) is 40.0. The number of pyridine rings is 1. The first kappa shape index (κ1) is 38.7. The number of aromatic nitrogens is 1. The van der Waals surface area contributed by atoms with Crippen LogP contribution in [-0.2, 0) is 30.8 Å². The van der Waals surface area contributed by atoms with Gasteiger partial charge in [-0.1, -0.05) is 62.9 Å². The van der Waals surface area contributed by atoms with Crippen LogP contribution in [0.2, 0.25) is 10.0 Å². The third-order valence-electron chi connectivity index (χ3n) is 11.2. The van der Waals surface area contributed by atoms with Crippen LogP contribution in [0.1, 0.15) is 35.4 Å². The van der Waals surface area contributed by atoms with E-state index in [0.717, 1.165) is 3.57 Å². The first-order chi connectivity index (χ1) is 26.6. The molecule has 4 amide bonds. The predicted octanol–water partition coefficient (Wildman–Crippen LogP) is 8.68. The van der Waals surface area contributed by atoms with Crippen LogP contribution in [0, 0.1) is 27.2 Å². The summed E-state index contributed by atoms with van der Waals surface area (Å²) in [6, 6.07) is 17.0. The first-order valence-electron chi connectivity index (χ1n) is 17.1. The molecular formula is C39H27BrCl2F3IN4O6. The standard InChI is InChI=1S/C39H27BrCl2F3IN4O6/c1-56-29-14-19(40)13-26(32(29)51)31-23-10-11-24-30(36(54)49(34(24)52)22-8-6-21(46)7-9-22)25(23)15-27-35(53)50(37(55)38(27,31)17-2-4-20(41)5-3-17)48-33-28(42)12-18(16-47-33)39(43,44)45/h2-10,12-14,16,24-25,27,30-31,51H,11,15H2,1H3,(H,47,48)/t24-,25+,27-,30-,31+,38+/m0/s1. The van der Waals surface area contributed by atoms with Crippen molar-refractivity contribution < 1.29 is 42.2 Å². The fourth-order valence-electron chi connectivity index (χ4n) is 8.94. The normalized spacial score (nSPS) is 25.9. The largest absolute Gasteiger partial charge is 0.504 e. The van der Waals surface area contributed by atoms with Gasteiger partial charge in [0.15, 0.2) is 17.3 Å². The molecule has 2 aliphatic carbocycles. The summed E-state index contributed by atoms with van der Waals surface area (Å²) in [5, 5.41) is 12.4. The zero-order valence-corrected chi connectivity index (χ0v) is 34.0. The topological polar surface area (TPSA) is 129 Å². The van der Waals surface area contributed by atoms with E-state index in [1.165, 1.54) is 18.1 Å². The lowest BCUT2D eigenvalue weighted by Crippen LogP contribution is -2.53. The number of alkyl halides is 3. The van der Waals surface area contributed by atoms with Gasteiger partial charge in [0, 0.05) is 30.7 Å². The number of halogens is 7. The van der Waals surface area contributed by atoms with Gasteiger partial charge in [-0.15, -0.1) is 0 Å². The Hall–Kier alpha value is -4.19. The molecule has 2 saturated heterocycles. The SMILES string of the molecule is COc1cc(Br)cc([C@H]2C3=CC[C@@H]4C(=O)N(c5ccc(I)cc5)C(=O)[C@@H]4[C@@H]3C[C@H]3C(=O)N(Nc4ncc(C(F)(F)F)cc4Cl)C(=O)[C@@]23c2ccc(Cl)cc2)c1O. The van der Waals surface area contributed by atoms with Gasteiger partial charge < -0.3 is 9.84 Å². The molecule has 0 radical (unpaired) electrons. The third-order valence-corrected chi connectivity index (χ3v) is 13.0. The van der Waals surface area contributed by atoms with Gasteiger partial charge in [0.25, 0.3) is 11.8 Å². The highest BCUT2D eigenvalue weighted by Crippen LogP contribution is 2.65. The van der Waals surface area contributed by atoms with E-state index in [0.29, 0.717) is 43.6 Å². The number of fused-ring (bicyclic) bond motifs is 4. The van der Waals surface area contributed by atoms with E-state index >= 15 is 4.79 Å². The number of benzene rings is 3. The van der Waals surface area contributed by atoms with Gasteiger partial charge in [-0.25, -0.2) is 4.98 Å². The third kappa shape index (κ3) is 5.90. The Kier molecular flexibility index (Phi) is 9.68. The molecule has 8 rings (SSSR count). The fraction of sp³-hybridized carbons (Fsp3) is 0.256. The quantitative estimate of drug-likeness (QED) is 0.112. The number of carbonyl (C=O) groups excluding carboxylic acids is 4. The Morgan fingerprint density at radius 1 is 0.982 bits per heavy atom. The number of phenolic OH excluding ortho intramolecular Hbond substituents is 1. The number of rotatable bonds is 6. The monoisotopic (exact) mass is 980 g/mol. The van der Waals surface area contributed by atoms with Gasteiger partial charge in [-0.3, -0.25) is 29.5 Å². The first-order valence-corrected chi connectivity index (χ1v) is 19.7. The predicted molar refractivity (Wildman–Crippen MR) is 211 cm³/mol. The van der Waals surface area contributed by atoms with Crippen molar-refractivity contribution in [3.05, 3.63) is 119 Å². The highest BCUT2D eigenvalue weighted by molar-refractivity contribution is 14.1. The van der Waals surface area contributed by atoms with Crippen LogP contribution in [0.5, 0.6) is 11.5 Å². The molecule has 4 aromatic rings. The molecule has 10 nitrogen and oxygen atoms in total. The van der Waals surface area contributed by atoms with Crippen LogP contribution in [0.3, 0.4) is 0 Å². The molecule has 6 atom stereocenters. The minimum absolute atomic E-state index is 0.0538. The van der Waals surface area contributed by atoms with E-state index in [1.54, 1.807) is 54.6 Å². The average Bonchev–Trinajstić information content (AvgIpc) is 3.54. The molecule has 3 heterocycles. The number of amides is 4. The number of allylic oxidation sites excluding steroid dienone is 2. The molecule has 2 N–H and O–H groups in total. The summed E-state index contributed by atoms with van der Waals surface area (Å²) in [6.45, 7) is 0. The van der Waals surface area contributed by atoms with Crippen molar-refractivity contribution in [3.8, 4) is 11.5 Å². The van der Waals surface area contributed by atoms with E-state index in [2.05, 4.69) is 48.9 Å². The molecule has 4 aliphatic rings. The minimum Gasteiger partial charge on any atom is -0.504 e. The van der Waals surface area contributed by atoms with Crippen molar-refractivity contribution >= 4 is 96.9 Å². The highest BCUT2D eigenvalue weighted by atomic mass is 127. The minimum atomic E-state index is -4.77. The number of anilines is 2. The second-order valence-corrected chi connectivity index (χ2v) is 17.0. The van der Waals surface area contributed by atoms with Crippen molar-refractivity contribution in [2.24, 2.45) is 23.7 Å². The summed E-state index contributed by atoms with van der Waals surface area (Å²) >= 11 is 18.2. The summed E-state index contributed by atoms with van der Waals surface area (Å²) in [5.41, 5.74) is 1.07. The number of ether oxygens (including phenoxy) is 1. The van der Waals surface area contributed by atoms with E-state index in [9.17, 15) is 32.7 Å². The highest BCUT2D eigenvalue weighted by Gasteiger charge is 2.71. The van der Waals surface area contributed by atoms with E-state index in [-0.39, 0.29) is 29.9 Å². The van der Waals surface area contributed by atoms with Crippen molar-refractivity contribution in [3.63, 3.8) is 0 Å². The molecule has 1 saturated carbocycles. The molecule has 0 spiro atoms. The number of hydrogen-bond acceptors (Lipinski definition) is 8. The molecule has 1 aromatic heterocycles. The Morgan fingerprint density at radius 3 is 2.32 bits per heavy atom. The summed E-state index contributed by atoms with van der Waals surface area (Å²) in [7, 11) is 1.36. The van der Waals surface area contributed by atoms with Crippen molar-refractivity contribution in [2.45, 2.75) is 30.4 Å². The molecule has 17 heteroatoms. The second kappa shape index (κ2) is 14.0. The van der Waals surface area contributed by atoms with Crippen molar-refractivity contribution in [2.75, 3.05) is 17.4 Å². The summed E-state index contributed by atoms with van der Waals surface area (Å²) in [5.74, 6) is -8.04. The summed E-state index contributed by atoms with van der Waals surface area (Å²) in [4.78, 5) is 63.9. The maximum atomic E-state index is 15.4. The van der Waals surface area contributed by atoms with Gasteiger partial charge in [-0.05, 0) is 102 Å². The van der Waals surface area contributed by atoms with Crippen LogP contribution in [0.15, 0.2) is 89.0 Å². The number of nitrogens with one attached hydrogen (secondary N) is 1. The lowest BCUT2D eigenvalue weighted by molar-refractivity contribution is -0.139. The van der Waals surface area contributed by atoms with Crippen LogP contribution in [0.4, 0.5) is 24.7 Å². The zero-order valence-electron chi connectivity index (χ0n) is 28.8. The van der Waals surface area contributed by atoms with Gasteiger partial charge in [0.05, 0.1) is 46.6 Å². The average molecular weight is 982 g/mol. The molecule has 3 aromatic carbocycles. The molecule has 2 aliphatic heterocycles. The van der Waals surface area contributed by atoms with Gasteiger partial charge in [-0.2, -0.15) is 18.2 Å². The maximum absolute atomic E-state index is 15.4. The molecular weight excluding hydrogens is 955 g/mol. The van der Waals surface area contributed by atoms with Gasteiger partial charge >= 0.3 is 6.18 Å².